The molecule has 4 nitrogen and oxygen atoms in total. The molecule has 0 saturated carbocycles. The molecule has 0 aliphatic rings. The molecule has 1 heterocycles. The van der Waals surface area contributed by atoms with Crippen molar-refractivity contribution in [3.63, 3.8) is 0 Å². The van der Waals surface area contributed by atoms with E-state index in [1.54, 1.807) is 30.3 Å². The first kappa shape index (κ1) is 12.7. The van der Waals surface area contributed by atoms with Gasteiger partial charge in [0.05, 0.1) is 6.54 Å². The Labute approximate surface area is 109 Å². The summed E-state index contributed by atoms with van der Waals surface area (Å²) in [5, 5.41) is 0.604. The van der Waals surface area contributed by atoms with Crippen LogP contribution in [0, 0.1) is 0 Å². The third kappa shape index (κ3) is 3.12. The van der Waals surface area contributed by atoms with Gasteiger partial charge < -0.3 is 14.9 Å². The monoisotopic (exact) mass is 265 g/mol. The molecule has 0 amide bonds. The van der Waals surface area contributed by atoms with E-state index in [1.807, 2.05) is 6.07 Å². The molecule has 5 heteroatoms. The molecule has 0 aliphatic heterocycles. The first-order chi connectivity index (χ1) is 8.69. The van der Waals surface area contributed by atoms with Gasteiger partial charge in [-0.1, -0.05) is 23.7 Å². The Hall–Kier alpha value is -1.78. The molecule has 0 radical (unpaired) electrons. The van der Waals surface area contributed by atoms with E-state index in [4.69, 9.17) is 26.5 Å². The summed E-state index contributed by atoms with van der Waals surface area (Å²) in [6, 6.07) is 10.3. The van der Waals surface area contributed by atoms with E-state index in [1.165, 1.54) is 0 Å². The van der Waals surface area contributed by atoms with Crippen molar-refractivity contribution in [2.24, 2.45) is 5.73 Å². The third-order valence-electron chi connectivity index (χ3n) is 2.32. The summed E-state index contributed by atoms with van der Waals surface area (Å²) in [5.74, 6) is 0.178. The molecular weight excluding hydrogens is 254 g/mol. The minimum absolute atomic E-state index is 0.150. The van der Waals surface area contributed by atoms with E-state index in [0.29, 0.717) is 10.8 Å². The molecule has 0 unspecified atom stereocenters. The summed E-state index contributed by atoms with van der Waals surface area (Å²) in [6.45, 7) is 0.402. The van der Waals surface area contributed by atoms with Gasteiger partial charge in [0.1, 0.15) is 12.4 Å². The molecule has 2 rings (SSSR count). The van der Waals surface area contributed by atoms with Crippen LogP contribution < -0.4 is 5.73 Å². The molecule has 0 bridgehead atoms. The number of rotatable bonds is 4. The summed E-state index contributed by atoms with van der Waals surface area (Å²) in [5.41, 5.74) is 6.21. The second kappa shape index (κ2) is 5.71. The molecule has 0 spiro atoms. The second-order valence-corrected chi connectivity index (χ2v) is 4.11. The number of furan rings is 1. The fraction of sp³-hybridized carbons (Fsp3) is 0.154. The maximum absolute atomic E-state index is 11.6. The van der Waals surface area contributed by atoms with Gasteiger partial charge in [-0.3, -0.25) is 0 Å². The lowest BCUT2D eigenvalue weighted by Crippen LogP contribution is -2.04. The standard InChI is InChI=1S/C13H12ClNO3/c14-10-3-1-2-9(6-10)8-17-13(16)12-5-4-11(7-15)18-12/h1-6H,7-8,15H2. The van der Waals surface area contributed by atoms with Crippen molar-refractivity contribution in [1.29, 1.82) is 0 Å². The van der Waals surface area contributed by atoms with Gasteiger partial charge in [-0.15, -0.1) is 0 Å². The van der Waals surface area contributed by atoms with Gasteiger partial charge in [-0.05, 0) is 29.8 Å². The maximum atomic E-state index is 11.6. The van der Waals surface area contributed by atoms with Gasteiger partial charge in [-0.25, -0.2) is 4.79 Å². The van der Waals surface area contributed by atoms with Gasteiger partial charge >= 0.3 is 5.97 Å². The normalized spacial score (nSPS) is 10.3. The predicted octanol–water partition coefficient (Wildman–Crippen LogP) is 2.75. The number of halogens is 1. The van der Waals surface area contributed by atoms with E-state index < -0.39 is 5.97 Å². The average molecular weight is 266 g/mol. The first-order valence-corrected chi connectivity index (χ1v) is 5.77. The Balaban J connectivity index is 1.96. The number of nitrogens with two attached hydrogens (primary N) is 1. The van der Waals surface area contributed by atoms with Crippen LogP contribution in [0.15, 0.2) is 40.8 Å². The summed E-state index contributed by atoms with van der Waals surface area (Å²) < 4.78 is 10.3. The number of hydrogen-bond acceptors (Lipinski definition) is 4. The lowest BCUT2D eigenvalue weighted by Gasteiger charge is -2.03. The van der Waals surface area contributed by atoms with Gasteiger partial charge in [0.25, 0.3) is 0 Å². The number of hydrogen-bond donors (Lipinski definition) is 1. The van der Waals surface area contributed by atoms with Crippen LogP contribution in [0.2, 0.25) is 5.02 Å². The minimum atomic E-state index is -0.519. The number of esters is 1. The lowest BCUT2D eigenvalue weighted by atomic mass is 10.2. The molecule has 0 aliphatic carbocycles. The number of benzene rings is 1. The molecule has 2 aromatic rings. The highest BCUT2D eigenvalue weighted by molar-refractivity contribution is 6.30. The Morgan fingerprint density at radius 1 is 1.33 bits per heavy atom. The summed E-state index contributed by atoms with van der Waals surface area (Å²) >= 11 is 5.83. The zero-order valence-electron chi connectivity index (χ0n) is 9.56. The smallest absolute Gasteiger partial charge is 0.374 e. The van der Waals surface area contributed by atoms with Crippen molar-refractivity contribution in [3.05, 3.63) is 58.5 Å². The summed E-state index contributed by atoms with van der Waals surface area (Å²) in [7, 11) is 0. The van der Waals surface area contributed by atoms with Crippen LogP contribution in [0.1, 0.15) is 21.9 Å². The van der Waals surface area contributed by atoms with Crippen LogP contribution >= 0.6 is 11.6 Å². The van der Waals surface area contributed by atoms with Gasteiger partial charge in [-0.2, -0.15) is 0 Å². The number of carbonyl (C=O) groups is 1. The van der Waals surface area contributed by atoms with Crippen LogP contribution in [0.4, 0.5) is 0 Å². The van der Waals surface area contributed by atoms with Crippen molar-refractivity contribution < 1.29 is 13.9 Å². The first-order valence-electron chi connectivity index (χ1n) is 5.39. The van der Waals surface area contributed by atoms with Crippen LogP contribution in [0.5, 0.6) is 0 Å². The van der Waals surface area contributed by atoms with Crippen molar-refractivity contribution in [3.8, 4) is 0 Å². The SMILES string of the molecule is NCc1ccc(C(=O)OCc2cccc(Cl)c2)o1. The number of ether oxygens (including phenoxy) is 1. The number of carbonyl (C=O) groups excluding carboxylic acids is 1. The van der Waals surface area contributed by atoms with Crippen molar-refractivity contribution in [2.75, 3.05) is 0 Å². The van der Waals surface area contributed by atoms with Gasteiger partial charge in [0.15, 0.2) is 0 Å². The zero-order chi connectivity index (χ0) is 13.0. The lowest BCUT2D eigenvalue weighted by molar-refractivity contribution is 0.0434. The zero-order valence-corrected chi connectivity index (χ0v) is 10.3. The fourth-order valence-electron chi connectivity index (χ4n) is 1.44. The van der Waals surface area contributed by atoms with Crippen molar-refractivity contribution in [1.82, 2.24) is 0 Å². The Morgan fingerprint density at radius 2 is 2.17 bits per heavy atom. The third-order valence-corrected chi connectivity index (χ3v) is 2.56. The van der Waals surface area contributed by atoms with E-state index in [9.17, 15) is 4.79 Å². The van der Waals surface area contributed by atoms with E-state index in [2.05, 4.69) is 0 Å². The quantitative estimate of drug-likeness (QED) is 0.864. The maximum Gasteiger partial charge on any atom is 0.374 e. The fourth-order valence-corrected chi connectivity index (χ4v) is 1.66. The van der Waals surface area contributed by atoms with E-state index in [-0.39, 0.29) is 18.9 Å². The topological polar surface area (TPSA) is 65.5 Å². The summed E-state index contributed by atoms with van der Waals surface area (Å²) in [4.78, 5) is 11.6. The average Bonchev–Trinajstić information content (AvgIpc) is 2.85. The van der Waals surface area contributed by atoms with Crippen molar-refractivity contribution in [2.45, 2.75) is 13.2 Å². The van der Waals surface area contributed by atoms with Crippen molar-refractivity contribution >= 4 is 17.6 Å². The highest BCUT2D eigenvalue weighted by Crippen LogP contribution is 2.13. The Kier molecular flexibility index (Phi) is 4.02. The minimum Gasteiger partial charge on any atom is -0.455 e. The molecule has 1 aromatic heterocycles. The molecular formula is C13H12ClNO3. The molecule has 0 fully saturated rings. The Bertz CT molecular complexity index is 551. The van der Waals surface area contributed by atoms with Crippen LogP contribution in [-0.2, 0) is 17.9 Å². The van der Waals surface area contributed by atoms with E-state index >= 15 is 0 Å². The van der Waals surface area contributed by atoms with E-state index in [0.717, 1.165) is 5.56 Å². The highest BCUT2D eigenvalue weighted by Gasteiger charge is 2.12. The molecule has 0 atom stereocenters. The molecule has 2 N–H and O–H groups in total. The molecule has 94 valence electrons. The highest BCUT2D eigenvalue weighted by atomic mass is 35.5. The van der Waals surface area contributed by atoms with Gasteiger partial charge in [0.2, 0.25) is 5.76 Å². The van der Waals surface area contributed by atoms with Gasteiger partial charge in [0, 0.05) is 5.02 Å². The predicted molar refractivity (Wildman–Crippen MR) is 67.2 cm³/mol. The molecule has 0 saturated heterocycles. The largest absolute Gasteiger partial charge is 0.455 e. The van der Waals surface area contributed by atoms with Crippen LogP contribution in [0.3, 0.4) is 0 Å². The van der Waals surface area contributed by atoms with Crippen LogP contribution in [-0.4, -0.2) is 5.97 Å². The molecule has 18 heavy (non-hydrogen) atoms. The summed E-state index contributed by atoms with van der Waals surface area (Å²) in [6.07, 6.45) is 0. The Morgan fingerprint density at radius 3 is 2.83 bits per heavy atom. The second-order valence-electron chi connectivity index (χ2n) is 3.68. The molecule has 1 aromatic carbocycles. The van der Waals surface area contributed by atoms with Crippen LogP contribution in [0.25, 0.3) is 0 Å².